The SMILES string of the molecule is CCNc1cncc(-n2cnc3ccccc32)n1. The highest BCUT2D eigenvalue weighted by Gasteiger charge is 2.05. The molecule has 90 valence electrons. The molecule has 2 aromatic heterocycles. The molecule has 0 spiro atoms. The van der Waals surface area contributed by atoms with E-state index in [0.717, 1.165) is 29.2 Å². The second-order valence-corrected chi connectivity index (χ2v) is 3.90. The lowest BCUT2D eigenvalue weighted by Crippen LogP contribution is -2.03. The van der Waals surface area contributed by atoms with Gasteiger partial charge in [0, 0.05) is 6.54 Å². The van der Waals surface area contributed by atoms with Gasteiger partial charge in [-0.2, -0.15) is 0 Å². The molecule has 3 rings (SSSR count). The van der Waals surface area contributed by atoms with E-state index in [1.54, 1.807) is 18.7 Å². The Morgan fingerprint density at radius 1 is 1.22 bits per heavy atom. The predicted octanol–water partition coefficient (Wildman–Crippen LogP) is 2.25. The van der Waals surface area contributed by atoms with Gasteiger partial charge < -0.3 is 5.32 Å². The smallest absolute Gasteiger partial charge is 0.159 e. The van der Waals surface area contributed by atoms with E-state index in [9.17, 15) is 0 Å². The van der Waals surface area contributed by atoms with Crippen LogP contribution in [0, 0.1) is 0 Å². The molecule has 0 atom stereocenters. The van der Waals surface area contributed by atoms with E-state index in [-0.39, 0.29) is 0 Å². The first-order chi connectivity index (χ1) is 8.88. The Hall–Kier alpha value is -2.43. The van der Waals surface area contributed by atoms with E-state index in [4.69, 9.17) is 0 Å². The Bertz CT molecular complexity index is 674. The number of anilines is 1. The topological polar surface area (TPSA) is 55.6 Å². The summed E-state index contributed by atoms with van der Waals surface area (Å²) in [7, 11) is 0. The fourth-order valence-corrected chi connectivity index (χ4v) is 1.88. The van der Waals surface area contributed by atoms with Crippen molar-refractivity contribution < 1.29 is 0 Å². The van der Waals surface area contributed by atoms with Crippen LogP contribution in [0.4, 0.5) is 5.82 Å². The molecule has 0 aliphatic carbocycles. The number of fused-ring (bicyclic) bond motifs is 1. The number of aromatic nitrogens is 4. The van der Waals surface area contributed by atoms with Crippen LogP contribution in [0.1, 0.15) is 6.92 Å². The number of benzene rings is 1. The lowest BCUT2D eigenvalue weighted by atomic mass is 10.3. The van der Waals surface area contributed by atoms with Crippen LogP contribution in [0.3, 0.4) is 0 Å². The molecule has 0 bridgehead atoms. The second-order valence-electron chi connectivity index (χ2n) is 3.90. The molecule has 3 aromatic rings. The van der Waals surface area contributed by atoms with Crippen molar-refractivity contribution in [2.45, 2.75) is 6.92 Å². The van der Waals surface area contributed by atoms with Gasteiger partial charge in [0.05, 0.1) is 23.4 Å². The van der Waals surface area contributed by atoms with Crippen LogP contribution in [0.5, 0.6) is 0 Å². The molecule has 5 nitrogen and oxygen atoms in total. The van der Waals surface area contributed by atoms with Crippen LogP contribution in [0.25, 0.3) is 16.9 Å². The lowest BCUT2D eigenvalue weighted by Gasteiger charge is -2.06. The molecule has 18 heavy (non-hydrogen) atoms. The van der Waals surface area contributed by atoms with Gasteiger partial charge in [0.2, 0.25) is 0 Å². The molecule has 0 fully saturated rings. The molecule has 2 heterocycles. The van der Waals surface area contributed by atoms with Crippen molar-refractivity contribution in [3.8, 4) is 5.82 Å². The van der Waals surface area contributed by atoms with Gasteiger partial charge in [0.25, 0.3) is 0 Å². The number of para-hydroxylation sites is 2. The highest BCUT2D eigenvalue weighted by Crippen LogP contribution is 2.16. The summed E-state index contributed by atoms with van der Waals surface area (Å²) in [6.45, 7) is 2.85. The molecule has 1 aromatic carbocycles. The Morgan fingerprint density at radius 2 is 2.11 bits per heavy atom. The average molecular weight is 239 g/mol. The standard InChI is InChI=1S/C13H13N5/c1-2-15-12-7-14-8-13(17-12)18-9-16-10-5-3-4-6-11(10)18/h3-9H,2H2,1H3,(H,15,17). The van der Waals surface area contributed by atoms with Crippen molar-refractivity contribution in [2.24, 2.45) is 0 Å². The van der Waals surface area contributed by atoms with Gasteiger partial charge in [-0.1, -0.05) is 12.1 Å². The van der Waals surface area contributed by atoms with Gasteiger partial charge in [-0.15, -0.1) is 0 Å². The lowest BCUT2D eigenvalue weighted by molar-refractivity contribution is 0.989. The third-order valence-corrected chi connectivity index (χ3v) is 2.68. The van der Waals surface area contributed by atoms with E-state index in [2.05, 4.69) is 20.3 Å². The van der Waals surface area contributed by atoms with Crippen molar-refractivity contribution >= 4 is 16.9 Å². The molecule has 0 aliphatic rings. The minimum atomic E-state index is 0.766. The van der Waals surface area contributed by atoms with E-state index in [1.165, 1.54) is 0 Å². The van der Waals surface area contributed by atoms with Crippen LogP contribution < -0.4 is 5.32 Å². The molecule has 1 N–H and O–H groups in total. The summed E-state index contributed by atoms with van der Waals surface area (Å²) in [5.41, 5.74) is 1.98. The third kappa shape index (κ3) is 1.79. The van der Waals surface area contributed by atoms with Crippen LogP contribution in [0.15, 0.2) is 43.0 Å². The van der Waals surface area contributed by atoms with Gasteiger partial charge in [-0.05, 0) is 19.1 Å². The number of nitrogens with zero attached hydrogens (tertiary/aromatic N) is 4. The van der Waals surface area contributed by atoms with Crippen LogP contribution in [0.2, 0.25) is 0 Å². The summed E-state index contributed by atoms with van der Waals surface area (Å²) in [6.07, 6.45) is 5.21. The van der Waals surface area contributed by atoms with E-state index in [1.807, 2.05) is 35.8 Å². The molecule has 5 heteroatoms. The molecular formula is C13H13N5. The predicted molar refractivity (Wildman–Crippen MR) is 70.8 cm³/mol. The minimum absolute atomic E-state index is 0.766. The molecule has 0 amide bonds. The summed E-state index contributed by atoms with van der Waals surface area (Å²) in [5.74, 6) is 1.54. The maximum absolute atomic E-state index is 4.50. The molecule has 0 unspecified atom stereocenters. The van der Waals surface area contributed by atoms with Gasteiger partial charge in [-0.3, -0.25) is 9.55 Å². The zero-order valence-corrected chi connectivity index (χ0v) is 10.0. The van der Waals surface area contributed by atoms with Crippen molar-refractivity contribution in [3.63, 3.8) is 0 Å². The van der Waals surface area contributed by atoms with Crippen molar-refractivity contribution in [2.75, 3.05) is 11.9 Å². The molecule has 0 aliphatic heterocycles. The summed E-state index contributed by atoms with van der Waals surface area (Å²) in [6, 6.07) is 7.96. The fourth-order valence-electron chi connectivity index (χ4n) is 1.88. The Morgan fingerprint density at radius 3 is 3.00 bits per heavy atom. The highest BCUT2D eigenvalue weighted by molar-refractivity contribution is 5.76. The van der Waals surface area contributed by atoms with Gasteiger partial charge >= 0.3 is 0 Å². The summed E-state index contributed by atoms with van der Waals surface area (Å²) < 4.78 is 1.93. The normalized spacial score (nSPS) is 10.7. The largest absolute Gasteiger partial charge is 0.369 e. The number of rotatable bonds is 3. The number of hydrogen-bond acceptors (Lipinski definition) is 4. The summed E-state index contributed by atoms with van der Waals surface area (Å²) >= 11 is 0. The van der Waals surface area contributed by atoms with E-state index < -0.39 is 0 Å². The van der Waals surface area contributed by atoms with Crippen LogP contribution >= 0.6 is 0 Å². The zero-order valence-electron chi connectivity index (χ0n) is 10.0. The second kappa shape index (κ2) is 4.44. The first-order valence-electron chi connectivity index (χ1n) is 5.87. The maximum atomic E-state index is 4.50. The molecule has 0 saturated heterocycles. The van der Waals surface area contributed by atoms with Crippen molar-refractivity contribution in [1.82, 2.24) is 19.5 Å². The number of imidazole rings is 1. The van der Waals surface area contributed by atoms with Gasteiger partial charge in [0.1, 0.15) is 12.1 Å². The van der Waals surface area contributed by atoms with E-state index in [0.29, 0.717) is 0 Å². The monoisotopic (exact) mass is 239 g/mol. The fraction of sp³-hybridized carbons (Fsp3) is 0.154. The summed E-state index contributed by atoms with van der Waals surface area (Å²) in [5, 5.41) is 3.15. The quantitative estimate of drug-likeness (QED) is 0.761. The third-order valence-electron chi connectivity index (χ3n) is 2.68. The Labute approximate surface area is 105 Å². The number of nitrogens with one attached hydrogen (secondary N) is 1. The minimum Gasteiger partial charge on any atom is -0.369 e. The van der Waals surface area contributed by atoms with Crippen molar-refractivity contribution in [3.05, 3.63) is 43.0 Å². The maximum Gasteiger partial charge on any atom is 0.159 e. The van der Waals surface area contributed by atoms with Crippen molar-refractivity contribution in [1.29, 1.82) is 0 Å². The Kier molecular flexibility index (Phi) is 2.64. The molecular weight excluding hydrogens is 226 g/mol. The molecule has 0 saturated carbocycles. The van der Waals surface area contributed by atoms with Crippen LogP contribution in [-0.4, -0.2) is 26.1 Å². The number of hydrogen-bond donors (Lipinski definition) is 1. The Balaban J connectivity index is 2.11. The first-order valence-corrected chi connectivity index (χ1v) is 5.87. The van der Waals surface area contributed by atoms with Gasteiger partial charge in [0.15, 0.2) is 5.82 Å². The zero-order chi connectivity index (χ0) is 12.4. The summed E-state index contributed by atoms with van der Waals surface area (Å²) in [4.78, 5) is 13.0. The molecule has 0 radical (unpaired) electrons. The average Bonchev–Trinajstić information content (AvgIpc) is 2.83. The highest BCUT2D eigenvalue weighted by atomic mass is 15.1. The van der Waals surface area contributed by atoms with E-state index >= 15 is 0 Å². The first kappa shape index (κ1) is 10.7. The van der Waals surface area contributed by atoms with Gasteiger partial charge in [-0.25, -0.2) is 9.97 Å². The van der Waals surface area contributed by atoms with Crippen LogP contribution in [-0.2, 0) is 0 Å².